The van der Waals surface area contributed by atoms with Crippen molar-refractivity contribution in [3.63, 3.8) is 0 Å². The van der Waals surface area contributed by atoms with Crippen molar-refractivity contribution in [1.29, 1.82) is 0 Å². The molecule has 1 aliphatic rings. The van der Waals surface area contributed by atoms with Crippen LogP contribution >= 0.6 is 11.6 Å². The first kappa shape index (κ1) is 20.0. The zero-order valence-electron chi connectivity index (χ0n) is 15.9. The van der Waals surface area contributed by atoms with Gasteiger partial charge in [0, 0.05) is 43.0 Å². The van der Waals surface area contributed by atoms with Crippen LogP contribution in [0.15, 0.2) is 54.6 Å². The van der Waals surface area contributed by atoms with Crippen LogP contribution in [0, 0.1) is 6.92 Å². The second-order valence-corrected chi connectivity index (χ2v) is 7.25. The summed E-state index contributed by atoms with van der Waals surface area (Å²) in [4.78, 5) is 28.3. The van der Waals surface area contributed by atoms with Gasteiger partial charge in [-0.1, -0.05) is 47.5 Å². The van der Waals surface area contributed by atoms with Crippen molar-refractivity contribution in [3.8, 4) is 0 Å². The molecule has 28 heavy (non-hydrogen) atoms. The fourth-order valence-electron chi connectivity index (χ4n) is 3.17. The molecule has 5 nitrogen and oxygen atoms in total. The minimum absolute atomic E-state index is 0.00809. The lowest BCUT2D eigenvalue weighted by Gasteiger charge is -2.36. The van der Waals surface area contributed by atoms with Gasteiger partial charge in [-0.2, -0.15) is 0 Å². The molecule has 0 aliphatic carbocycles. The summed E-state index contributed by atoms with van der Waals surface area (Å²) in [6.45, 7) is 4.75. The zero-order valence-corrected chi connectivity index (χ0v) is 16.7. The van der Waals surface area contributed by atoms with Gasteiger partial charge in [0.05, 0.1) is 6.54 Å². The number of carbonyl (C=O) groups is 2. The number of anilines is 1. The Morgan fingerprint density at radius 3 is 2.54 bits per heavy atom. The maximum Gasteiger partial charge on any atom is 0.244 e. The van der Waals surface area contributed by atoms with E-state index in [1.54, 1.807) is 11.0 Å². The number of halogens is 1. The summed E-state index contributed by atoms with van der Waals surface area (Å²) in [6, 6.07) is 15.6. The van der Waals surface area contributed by atoms with Gasteiger partial charge in [0.2, 0.25) is 11.8 Å². The Labute approximate surface area is 170 Å². The molecule has 0 radical (unpaired) electrons. The second-order valence-electron chi connectivity index (χ2n) is 6.81. The van der Waals surface area contributed by atoms with Crippen molar-refractivity contribution < 1.29 is 9.59 Å². The monoisotopic (exact) mass is 397 g/mol. The molecular formula is C22H24ClN3O2. The highest BCUT2D eigenvalue weighted by Crippen LogP contribution is 2.20. The molecule has 6 heteroatoms. The van der Waals surface area contributed by atoms with E-state index in [0.29, 0.717) is 18.1 Å². The Kier molecular flexibility index (Phi) is 6.71. The Hall–Kier alpha value is -2.79. The molecule has 0 aromatic heterocycles. The van der Waals surface area contributed by atoms with Crippen LogP contribution in [0.2, 0.25) is 5.02 Å². The maximum atomic E-state index is 12.4. The number of amides is 2. The van der Waals surface area contributed by atoms with Crippen LogP contribution in [0.1, 0.15) is 11.1 Å². The number of rotatable bonds is 5. The highest BCUT2D eigenvalue weighted by atomic mass is 35.5. The average Bonchev–Trinajstić information content (AvgIpc) is 2.70. The van der Waals surface area contributed by atoms with Crippen molar-refractivity contribution in [2.45, 2.75) is 6.92 Å². The van der Waals surface area contributed by atoms with Crippen molar-refractivity contribution in [2.24, 2.45) is 0 Å². The molecule has 0 atom stereocenters. The van der Waals surface area contributed by atoms with E-state index in [1.165, 1.54) is 6.08 Å². The zero-order chi connectivity index (χ0) is 19.9. The van der Waals surface area contributed by atoms with Gasteiger partial charge >= 0.3 is 0 Å². The average molecular weight is 398 g/mol. The third-order valence-corrected chi connectivity index (χ3v) is 4.92. The van der Waals surface area contributed by atoms with E-state index in [2.05, 4.69) is 10.2 Å². The predicted octanol–water partition coefficient (Wildman–Crippen LogP) is 3.13. The highest BCUT2D eigenvalue weighted by molar-refractivity contribution is 6.30. The van der Waals surface area contributed by atoms with Crippen LogP contribution in [-0.4, -0.2) is 49.4 Å². The quantitative estimate of drug-likeness (QED) is 0.788. The Morgan fingerprint density at radius 2 is 1.82 bits per heavy atom. The Morgan fingerprint density at radius 1 is 1.07 bits per heavy atom. The van der Waals surface area contributed by atoms with Gasteiger partial charge in [-0.25, -0.2) is 0 Å². The van der Waals surface area contributed by atoms with Crippen molar-refractivity contribution in [2.75, 3.05) is 37.6 Å². The fraction of sp³-hybridized carbons (Fsp3) is 0.273. The second kappa shape index (κ2) is 9.42. The minimum Gasteiger partial charge on any atom is -0.368 e. The van der Waals surface area contributed by atoms with Gasteiger partial charge in [0.1, 0.15) is 0 Å². The molecule has 1 N–H and O–H groups in total. The molecule has 2 amide bonds. The molecule has 1 saturated heterocycles. The topological polar surface area (TPSA) is 52.7 Å². The Bertz CT molecular complexity index is 874. The van der Waals surface area contributed by atoms with Crippen LogP contribution in [0.25, 0.3) is 6.08 Å². The van der Waals surface area contributed by atoms with Gasteiger partial charge in [-0.05, 0) is 36.8 Å². The van der Waals surface area contributed by atoms with E-state index in [-0.39, 0.29) is 18.4 Å². The molecular weight excluding hydrogens is 374 g/mol. The number of piperazine rings is 1. The standard InChI is InChI=1S/C22H24ClN3O2/c1-17-4-2-5-18(14-17)8-9-21(27)24-16-22(28)26-12-10-25(11-13-26)20-7-3-6-19(23)15-20/h2-9,14-15H,10-13,16H2,1H3,(H,24,27)/b9-8+. The normalized spacial score (nSPS) is 14.4. The summed E-state index contributed by atoms with van der Waals surface area (Å²) in [5.41, 5.74) is 3.16. The van der Waals surface area contributed by atoms with Crippen LogP contribution in [-0.2, 0) is 9.59 Å². The SMILES string of the molecule is Cc1cccc(/C=C/C(=O)NCC(=O)N2CCN(c3cccc(Cl)c3)CC2)c1. The van der Waals surface area contributed by atoms with E-state index in [0.717, 1.165) is 29.9 Å². The number of nitrogens with zero attached hydrogens (tertiary/aromatic N) is 2. The molecule has 0 saturated carbocycles. The van der Waals surface area contributed by atoms with Crippen molar-refractivity contribution in [1.82, 2.24) is 10.2 Å². The molecule has 3 rings (SSSR count). The summed E-state index contributed by atoms with van der Waals surface area (Å²) in [5.74, 6) is -0.338. The lowest BCUT2D eigenvalue weighted by molar-refractivity contribution is -0.132. The molecule has 2 aromatic carbocycles. The van der Waals surface area contributed by atoms with E-state index in [1.807, 2.05) is 55.5 Å². The predicted molar refractivity (Wildman–Crippen MR) is 113 cm³/mol. The third kappa shape index (κ3) is 5.60. The number of nitrogens with one attached hydrogen (secondary N) is 1. The van der Waals surface area contributed by atoms with Crippen molar-refractivity contribution >= 4 is 35.2 Å². The van der Waals surface area contributed by atoms with Gasteiger partial charge in [-0.3, -0.25) is 9.59 Å². The van der Waals surface area contributed by atoms with Crippen LogP contribution in [0.3, 0.4) is 0 Å². The van der Waals surface area contributed by atoms with E-state index in [4.69, 9.17) is 11.6 Å². The van der Waals surface area contributed by atoms with E-state index >= 15 is 0 Å². The molecule has 0 bridgehead atoms. The lowest BCUT2D eigenvalue weighted by atomic mass is 10.1. The number of aryl methyl sites for hydroxylation is 1. The third-order valence-electron chi connectivity index (χ3n) is 4.69. The lowest BCUT2D eigenvalue weighted by Crippen LogP contribution is -2.51. The summed E-state index contributed by atoms with van der Waals surface area (Å²) in [7, 11) is 0. The molecule has 1 fully saturated rings. The van der Waals surface area contributed by atoms with E-state index in [9.17, 15) is 9.59 Å². The number of hydrogen-bond donors (Lipinski definition) is 1. The first-order chi connectivity index (χ1) is 13.5. The van der Waals surface area contributed by atoms with Gasteiger partial charge in [0.25, 0.3) is 0 Å². The minimum atomic E-state index is -0.271. The van der Waals surface area contributed by atoms with Crippen LogP contribution < -0.4 is 10.2 Å². The van der Waals surface area contributed by atoms with Crippen LogP contribution in [0.5, 0.6) is 0 Å². The molecule has 146 valence electrons. The number of benzene rings is 2. The first-order valence-electron chi connectivity index (χ1n) is 9.32. The fourth-order valence-corrected chi connectivity index (χ4v) is 3.35. The van der Waals surface area contributed by atoms with Gasteiger partial charge < -0.3 is 15.1 Å². The van der Waals surface area contributed by atoms with Gasteiger partial charge in [-0.15, -0.1) is 0 Å². The molecule has 1 aliphatic heterocycles. The molecule has 0 spiro atoms. The first-order valence-corrected chi connectivity index (χ1v) is 9.70. The summed E-state index contributed by atoms with van der Waals surface area (Å²) < 4.78 is 0. The molecule has 0 unspecified atom stereocenters. The summed E-state index contributed by atoms with van der Waals surface area (Å²) >= 11 is 6.05. The maximum absolute atomic E-state index is 12.4. The molecule has 1 heterocycles. The van der Waals surface area contributed by atoms with E-state index < -0.39 is 0 Å². The van der Waals surface area contributed by atoms with Crippen molar-refractivity contribution in [3.05, 3.63) is 70.8 Å². The van der Waals surface area contributed by atoms with Gasteiger partial charge in [0.15, 0.2) is 0 Å². The largest absolute Gasteiger partial charge is 0.368 e. The summed E-state index contributed by atoms with van der Waals surface area (Å²) in [6.07, 6.45) is 3.20. The number of carbonyl (C=O) groups excluding carboxylic acids is 2. The number of hydrogen-bond acceptors (Lipinski definition) is 3. The smallest absolute Gasteiger partial charge is 0.244 e. The Balaban J connectivity index is 1.43. The highest BCUT2D eigenvalue weighted by Gasteiger charge is 2.21. The molecule has 2 aromatic rings. The van der Waals surface area contributed by atoms with Crippen LogP contribution in [0.4, 0.5) is 5.69 Å². The summed E-state index contributed by atoms with van der Waals surface area (Å²) in [5, 5.41) is 3.37.